The molecule has 1 amide bonds. The summed E-state index contributed by atoms with van der Waals surface area (Å²) in [4.78, 5) is 25.6. The van der Waals surface area contributed by atoms with E-state index in [1.54, 1.807) is 41.9 Å². The quantitative estimate of drug-likeness (QED) is 0.468. The molecule has 1 atom stereocenters. The summed E-state index contributed by atoms with van der Waals surface area (Å²) in [5.74, 6) is 1.06. The predicted octanol–water partition coefficient (Wildman–Crippen LogP) is 2.77. The number of fused-ring (bicyclic) bond motifs is 2. The van der Waals surface area contributed by atoms with Gasteiger partial charge in [-0.3, -0.25) is 18.6 Å². The largest absolute Gasteiger partial charge is 0.486 e. The molecule has 1 N–H and O–H groups in total. The lowest BCUT2D eigenvalue weighted by Crippen LogP contribution is -2.23. The van der Waals surface area contributed by atoms with Crippen molar-refractivity contribution in [2.75, 3.05) is 18.5 Å². The van der Waals surface area contributed by atoms with Crippen LogP contribution in [0.3, 0.4) is 0 Å². The zero-order chi connectivity index (χ0) is 22.1. The van der Waals surface area contributed by atoms with Crippen molar-refractivity contribution in [3.63, 3.8) is 0 Å². The number of ether oxygens (including phenoxy) is 2. The van der Waals surface area contributed by atoms with Crippen molar-refractivity contribution in [2.45, 2.75) is 17.3 Å². The van der Waals surface area contributed by atoms with Gasteiger partial charge < -0.3 is 14.8 Å². The molecule has 0 fully saturated rings. The van der Waals surface area contributed by atoms with E-state index in [9.17, 15) is 9.59 Å². The topological polar surface area (TPSA) is 99.8 Å². The van der Waals surface area contributed by atoms with Gasteiger partial charge >= 0.3 is 5.56 Å². The summed E-state index contributed by atoms with van der Waals surface area (Å²) in [6, 6.07) is 14.6. The molecule has 10 heteroatoms. The molecule has 2 aromatic heterocycles. The number of nitrogens with zero attached hydrogens (tertiary/aromatic N) is 4. The summed E-state index contributed by atoms with van der Waals surface area (Å²) in [6.07, 6.45) is 3.38. The van der Waals surface area contributed by atoms with Gasteiger partial charge in [0.1, 0.15) is 13.2 Å². The third-order valence-electron chi connectivity index (χ3n) is 4.93. The van der Waals surface area contributed by atoms with E-state index < -0.39 is 5.25 Å². The number of thioether (sulfide) groups is 1. The van der Waals surface area contributed by atoms with Gasteiger partial charge in [0.05, 0.1) is 5.25 Å². The Morgan fingerprint density at radius 2 is 1.84 bits per heavy atom. The Balaban J connectivity index is 1.33. The van der Waals surface area contributed by atoms with Crippen molar-refractivity contribution >= 4 is 29.0 Å². The Morgan fingerprint density at radius 3 is 2.66 bits per heavy atom. The Bertz CT molecular complexity index is 1350. The number of carbonyl (C=O) groups excluding carboxylic acids is 1. The van der Waals surface area contributed by atoms with Crippen molar-refractivity contribution in [1.29, 1.82) is 0 Å². The maximum absolute atomic E-state index is 12.8. The Hall–Kier alpha value is -3.79. The third-order valence-corrected chi connectivity index (χ3v) is 5.99. The lowest BCUT2D eigenvalue weighted by molar-refractivity contribution is -0.115. The average molecular weight is 449 g/mol. The zero-order valence-electron chi connectivity index (χ0n) is 17.1. The summed E-state index contributed by atoms with van der Waals surface area (Å²) >= 11 is 1.22. The molecule has 9 nitrogen and oxygen atoms in total. The molecule has 3 heterocycles. The highest BCUT2D eigenvalue weighted by Crippen LogP contribution is 2.33. The number of amides is 1. The van der Waals surface area contributed by atoms with Crippen LogP contribution in [0, 0.1) is 0 Å². The van der Waals surface area contributed by atoms with Crippen LogP contribution in [0.25, 0.3) is 11.3 Å². The summed E-state index contributed by atoms with van der Waals surface area (Å²) in [5, 5.41) is 11.0. The number of hydrogen-bond donors (Lipinski definition) is 1. The highest BCUT2D eigenvalue weighted by atomic mass is 32.2. The number of hydrogen-bond acceptors (Lipinski definition) is 7. The monoisotopic (exact) mass is 449 g/mol. The van der Waals surface area contributed by atoms with Crippen LogP contribution in [-0.2, 0) is 4.79 Å². The number of rotatable bonds is 5. The van der Waals surface area contributed by atoms with Crippen molar-refractivity contribution in [3.8, 4) is 17.2 Å². The number of benzene rings is 2. The van der Waals surface area contributed by atoms with Gasteiger partial charge in [-0.1, -0.05) is 30.0 Å². The second-order valence-corrected chi connectivity index (χ2v) is 8.40. The lowest BCUT2D eigenvalue weighted by Gasteiger charge is -2.19. The molecular weight excluding hydrogens is 430 g/mol. The molecule has 162 valence electrons. The summed E-state index contributed by atoms with van der Waals surface area (Å²) < 4.78 is 14.2. The standard InChI is InChI=1S/C22H19N5O4S/c1-14(20(28)23-15-7-8-17-18(13-15)31-12-11-30-17)32-22-25-24-19-21(29)26(9-10-27(19)22)16-5-3-2-4-6-16/h2-10,13-14H,11-12H2,1H3,(H,23,28)/t14-/m1/s1. The fraction of sp³-hybridized carbons (Fsp3) is 0.182. The van der Waals surface area contributed by atoms with E-state index >= 15 is 0 Å². The third kappa shape index (κ3) is 3.80. The lowest BCUT2D eigenvalue weighted by atomic mass is 10.2. The maximum Gasteiger partial charge on any atom is 0.300 e. The van der Waals surface area contributed by atoms with Gasteiger partial charge in [0.25, 0.3) is 0 Å². The minimum atomic E-state index is -0.479. The Labute approximate surface area is 187 Å². The number of anilines is 1. The van der Waals surface area contributed by atoms with Crippen LogP contribution in [0.5, 0.6) is 11.5 Å². The first-order chi connectivity index (χ1) is 15.6. The van der Waals surface area contributed by atoms with Gasteiger partial charge in [-0.25, -0.2) is 0 Å². The molecule has 32 heavy (non-hydrogen) atoms. The van der Waals surface area contributed by atoms with E-state index in [4.69, 9.17) is 9.47 Å². The van der Waals surface area contributed by atoms with E-state index in [0.717, 1.165) is 5.69 Å². The number of aromatic nitrogens is 4. The van der Waals surface area contributed by atoms with Gasteiger partial charge in [0.2, 0.25) is 11.6 Å². The molecule has 0 spiro atoms. The smallest absolute Gasteiger partial charge is 0.300 e. The fourth-order valence-corrected chi connectivity index (χ4v) is 4.15. The molecule has 1 aliphatic heterocycles. The average Bonchev–Trinajstić information content (AvgIpc) is 3.23. The molecule has 0 radical (unpaired) electrons. The van der Waals surface area contributed by atoms with Crippen molar-refractivity contribution in [3.05, 3.63) is 71.3 Å². The van der Waals surface area contributed by atoms with Crippen molar-refractivity contribution in [2.24, 2.45) is 0 Å². The SMILES string of the molecule is C[C@@H](Sc1nnc2c(=O)n(-c3ccccc3)ccn12)C(=O)Nc1ccc2c(c1)OCCO2. The molecule has 4 aromatic rings. The Morgan fingerprint density at radius 1 is 1.06 bits per heavy atom. The molecule has 0 unspecified atom stereocenters. The maximum atomic E-state index is 12.8. The molecule has 5 rings (SSSR count). The molecule has 1 aliphatic rings. The van der Waals surface area contributed by atoms with Crippen molar-refractivity contribution < 1.29 is 14.3 Å². The second kappa shape index (κ2) is 8.39. The van der Waals surface area contributed by atoms with Crippen LogP contribution >= 0.6 is 11.8 Å². The summed E-state index contributed by atoms with van der Waals surface area (Å²) in [6.45, 7) is 2.75. The summed E-state index contributed by atoms with van der Waals surface area (Å²) in [5.41, 5.74) is 1.26. The first-order valence-electron chi connectivity index (χ1n) is 9.99. The zero-order valence-corrected chi connectivity index (χ0v) is 17.9. The van der Waals surface area contributed by atoms with E-state index in [0.29, 0.717) is 35.6 Å². The van der Waals surface area contributed by atoms with Crippen LogP contribution in [-0.4, -0.2) is 43.5 Å². The first-order valence-corrected chi connectivity index (χ1v) is 10.9. The predicted molar refractivity (Wildman–Crippen MR) is 120 cm³/mol. The minimum Gasteiger partial charge on any atom is -0.486 e. The number of nitrogens with one attached hydrogen (secondary N) is 1. The Kier molecular flexibility index (Phi) is 5.28. The minimum absolute atomic E-state index is 0.193. The van der Waals surface area contributed by atoms with Gasteiger partial charge in [0.15, 0.2) is 16.7 Å². The molecule has 2 aromatic carbocycles. The van der Waals surface area contributed by atoms with Gasteiger partial charge in [-0.15, -0.1) is 10.2 Å². The van der Waals surface area contributed by atoms with Gasteiger partial charge in [0, 0.05) is 29.8 Å². The van der Waals surface area contributed by atoms with Crippen LogP contribution < -0.4 is 20.3 Å². The molecule has 0 saturated carbocycles. The van der Waals surface area contributed by atoms with Crippen LogP contribution in [0.4, 0.5) is 5.69 Å². The first kappa shape index (κ1) is 20.1. The number of para-hydroxylation sites is 1. The summed E-state index contributed by atoms with van der Waals surface area (Å²) in [7, 11) is 0. The normalized spacial score (nSPS) is 13.7. The van der Waals surface area contributed by atoms with Crippen LogP contribution in [0.1, 0.15) is 6.92 Å². The molecule has 0 saturated heterocycles. The van der Waals surface area contributed by atoms with Crippen LogP contribution in [0.2, 0.25) is 0 Å². The van der Waals surface area contributed by atoms with Gasteiger partial charge in [-0.05, 0) is 31.2 Å². The van der Waals surface area contributed by atoms with E-state index in [-0.39, 0.29) is 17.1 Å². The number of carbonyl (C=O) groups is 1. The highest BCUT2D eigenvalue weighted by molar-refractivity contribution is 8.00. The van der Waals surface area contributed by atoms with Crippen molar-refractivity contribution in [1.82, 2.24) is 19.2 Å². The molecular formula is C22H19N5O4S. The molecule has 0 aliphatic carbocycles. The van der Waals surface area contributed by atoms with E-state index in [1.165, 1.54) is 16.3 Å². The van der Waals surface area contributed by atoms with Crippen LogP contribution in [0.15, 0.2) is 70.9 Å². The van der Waals surface area contributed by atoms with Gasteiger partial charge in [-0.2, -0.15) is 0 Å². The fourth-order valence-electron chi connectivity index (χ4n) is 3.31. The second-order valence-electron chi connectivity index (χ2n) is 7.09. The highest BCUT2D eigenvalue weighted by Gasteiger charge is 2.20. The van der Waals surface area contributed by atoms with E-state index in [2.05, 4.69) is 15.5 Å². The molecule has 0 bridgehead atoms. The van der Waals surface area contributed by atoms with E-state index in [1.807, 2.05) is 30.3 Å².